The summed E-state index contributed by atoms with van der Waals surface area (Å²) in [4.78, 5) is 17.2. The van der Waals surface area contributed by atoms with E-state index in [9.17, 15) is 4.79 Å². The maximum Gasteiger partial charge on any atom is 0.228 e. The summed E-state index contributed by atoms with van der Waals surface area (Å²) in [6.07, 6.45) is 2.25. The Labute approximate surface area is 127 Å². The number of hydrogen-bond donors (Lipinski definition) is 0. The highest BCUT2D eigenvalue weighted by atomic mass is 16.5. The number of amides is 1. The van der Waals surface area contributed by atoms with Gasteiger partial charge in [-0.3, -0.25) is 9.69 Å². The molecule has 5 heteroatoms. The van der Waals surface area contributed by atoms with Gasteiger partial charge in [-0.05, 0) is 19.3 Å². The highest BCUT2D eigenvalue weighted by Crippen LogP contribution is 2.37. The minimum Gasteiger partial charge on any atom is -0.379 e. The zero-order chi connectivity index (χ0) is 14.8. The number of likely N-dealkylation sites (tertiary alicyclic amines) is 1. The molecule has 0 unspecified atom stereocenters. The van der Waals surface area contributed by atoms with Gasteiger partial charge in [-0.1, -0.05) is 13.3 Å². The highest BCUT2D eigenvalue weighted by molar-refractivity contribution is 5.82. The molecule has 4 atom stereocenters. The molecule has 0 aromatic rings. The fraction of sp³-hybridized carbons (Fsp3) is 0.938. The number of carbonyl (C=O) groups is 1. The Morgan fingerprint density at radius 3 is 2.67 bits per heavy atom. The van der Waals surface area contributed by atoms with Gasteiger partial charge in [0.05, 0.1) is 25.2 Å². The second-order valence-corrected chi connectivity index (χ2v) is 6.46. The fourth-order valence-corrected chi connectivity index (χ4v) is 3.82. The van der Waals surface area contributed by atoms with Gasteiger partial charge in [0.1, 0.15) is 0 Å². The zero-order valence-corrected chi connectivity index (χ0v) is 13.3. The van der Waals surface area contributed by atoms with E-state index in [4.69, 9.17) is 9.47 Å². The van der Waals surface area contributed by atoms with Crippen molar-refractivity contribution in [1.82, 2.24) is 9.80 Å². The summed E-state index contributed by atoms with van der Waals surface area (Å²) < 4.78 is 11.0. The monoisotopic (exact) mass is 296 g/mol. The maximum absolute atomic E-state index is 12.6. The smallest absolute Gasteiger partial charge is 0.228 e. The minimum atomic E-state index is 0.130. The first kappa shape index (κ1) is 15.3. The standard InChI is InChI=1S/C16H28N2O3/c1-3-12-10-18(16(19)13-9-15(13)21-4-2)11-14(12)17-5-7-20-8-6-17/h12-15H,3-11H2,1-2H3/t12-,13+,14-,15-/m1/s1. The third-order valence-corrected chi connectivity index (χ3v) is 5.19. The molecule has 21 heavy (non-hydrogen) atoms. The van der Waals surface area contributed by atoms with Crippen LogP contribution in [0, 0.1) is 11.8 Å². The van der Waals surface area contributed by atoms with Crippen molar-refractivity contribution in [2.24, 2.45) is 11.8 Å². The Bertz CT molecular complexity index is 371. The van der Waals surface area contributed by atoms with Crippen LogP contribution in [-0.4, -0.2) is 73.9 Å². The molecule has 3 aliphatic rings. The summed E-state index contributed by atoms with van der Waals surface area (Å²) in [7, 11) is 0. The van der Waals surface area contributed by atoms with Crippen LogP contribution in [0.25, 0.3) is 0 Å². The fourth-order valence-electron chi connectivity index (χ4n) is 3.82. The summed E-state index contributed by atoms with van der Waals surface area (Å²) in [6.45, 7) is 10.4. The highest BCUT2D eigenvalue weighted by Gasteiger charge is 2.48. The predicted octanol–water partition coefficient (Wildman–Crippen LogP) is 0.981. The second-order valence-electron chi connectivity index (χ2n) is 6.46. The molecule has 5 nitrogen and oxygen atoms in total. The topological polar surface area (TPSA) is 42.0 Å². The summed E-state index contributed by atoms with van der Waals surface area (Å²) in [6, 6.07) is 0.521. The molecule has 3 rings (SSSR count). The molecule has 2 aliphatic heterocycles. The summed E-state index contributed by atoms with van der Waals surface area (Å²) in [5.41, 5.74) is 0. The van der Waals surface area contributed by atoms with E-state index in [-0.39, 0.29) is 12.0 Å². The zero-order valence-electron chi connectivity index (χ0n) is 13.3. The predicted molar refractivity (Wildman–Crippen MR) is 80.1 cm³/mol. The quantitative estimate of drug-likeness (QED) is 0.758. The van der Waals surface area contributed by atoms with Crippen LogP contribution in [0.2, 0.25) is 0 Å². The summed E-state index contributed by atoms with van der Waals surface area (Å²) in [5, 5.41) is 0. The number of hydrogen-bond acceptors (Lipinski definition) is 4. The average molecular weight is 296 g/mol. The van der Waals surface area contributed by atoms with Crippen LogP contribution in [0.5, 0.6) is 0 Å². The van der Waals surface area contributed by atoms with Gasteiger partial charge in [0.15, 0.2) is 0 Å². The van der Waals surface area contributed by atoms with E-state index in [0.717, 1.165) is 52.2 Å². The third kappa shape index (κ3) is 3.25. The van der Waals surface area contributed by atoms with Gasteiger partial charge < -0.3 is 14.4 Å². The second kappa shape index (κ2) is 6.63. The van der Waals surface area contributed by atoms with Crippen molar-refractivity contribution >= 4 is 5.91 Å². The lowest BCUT2D eigenvalue weighted by Crippen LogP contribution is -2.47. The van der Waals surface area contributed by atoms with Crippen LogP contribution >= 0.6 is 0 Å². The molecular formula is C16H28N2O3. The van der Waals surface area contributed by atoms with Gasteiger partial charge in [-0.25, -0.2) is 0 Å². The van der Waals surface area contributed by atoms with Gasteiger partial charge in [0.25, 0.3) is 0 Å². The van der Waals surface area contributed by atoms with E-state index in [1.807, 2.05) is 6.92 Å². The molecule has 0 aromatic heterocycles. The largest absolute Gasteiger partial charge is 0.379 e. The first-order valence-electron chi connectivity index (χ1n) is 8.46. The Morgan fingerprint density at radius 1 is 1.24 bits per heavy atom. The lowest BCUT2D eigenvalue weighted by atomic mass is 9.99. The number of nitrogens with zero attached hydrogens (tertiary/aromatic N) is 2. The molecule has 0 radical (unpaired) electrons. The molecule has 1 aliphatic carbocycles. The normalized spacial score (nSPS) is 37.0. The van der Waals surface area contributed by atoms with E-state index in [1.54, 1.807) is 0 Å². The molecule has 0 spiro atoms. The van der Waals surface area contributed by atoms with E-state index in [2.05, 4.69) is 16.7 Å². The number of rotatable bonds is 5. The van der Waals surface area contributed by atoms with E-state index >= 15 is 0 Å². The van der Waals surface area contributed by atoms with Crippen molar-refractivity contribution in [2.75, 3.05) is 46.0 Å². The van der Waals surface area contributed by atoms with Crippen LogP contribution in [0.15, 0.2) is 0 Å². The van der Waals surface area contributed by atoms with E-state index in [0.29, 0.717) is 24.5 Å². The van der Waals surface area contributed by atoms with Crippen LogP contribution in [0.3, 0.4) is 0 Å². The molecule has 2 heterocycles. The molecule has 2 saturated heterocycles. The van der Waals surface area contributed by atoms with E-state index in [1.165, 1.54) is 0 Å². The number of morpholine rings is 1. The van der Waals surface area contributed by atoms with Crippen molar-refractivity contribution in [2.45, 2.75) is 38.8 Å². The molecular weight excluding hydrogens is 268 g/mol. The van der Waals surface area contributed by atoms with Gasteiger partial charge in [0.2, 0.25) is 5.91 Å². The van der Waals surface area contributed by atoms with Crippen LogP contribution < -0.4 is 0 Å². The maximum atomic E-state index is 12.6. The van der Waals surface area contributed by atoms with Crippen molar-refractivity contribution in [1.29, 1.82) is 0 Å². The van der Waals surface area contributed by atoms with Crippen LogP contribution in [0.1, 0.15) is 26.7 Å². The Balaban J connectivity index is 1.57. The Kier molecular flexibility index (Phi) is 4.82. The number of ether oxygens (including phenoxy) is 2. The molecule has 120 valence electrons. The van der Waals surface area contributed by atoms with E-state index < -0.39 is 0 Å². The van der Waals surface area contributed by atoms with Gasteiger partial charge in [-0.15, -0.1) is 0 Å². The van der Waals surface area contributed by atoms with Crippen molar-refractivity contribution in [3.05, 3.63) is 0 Å². The molecule has 1 saturated carbocycles. The van der Waals surface area contributed by atoms with Gasteiger partial charge in [-0.2, -0.15) is 0 Å². The van der Waals surface area contributed by atoms with Crippen LogP contribution in [-0.2, 0) is 14.3 Å². The van der Waals surface area contributed by atoms with Crippen molar-refractivity contribution < 1.29 is 14.3 Å². The molecule has 0 aromatic carbocycles. The Morgan fingerprint density at radius 2 is 2.00 bits per heavy atom. The molecule has 3 fully saturated rings. The first-order valence-corrected chi connectivity index (χ1v) is 8.46. The lowest BCUT2D eigenvalue weighted by Gasteiger charge is -2.34. The third-order valence-electron chi connectivity index (χ3n) is 5.19. The van der Waals surface area contributed by atoms with Crippen LogP contribution in [0.4, 0.5) is 0 Å². The molecule has 0 N–H and O–H groups in total. The minimum absolute atomic E-state index is 0.130. The molecule has 0 bridgehead atoms. The molecule has 1 amide bonds. The first-order chi connectivity index (χ1) is 10.2. The Hall–Kier alpha value is -0.650. The average Bonchev–Trinajstić information content (AvgIpc) is 3.15. The van der Waals surface area contributed by atoms with Crippen molar-refractivity contribution in [3.63, 3.8) is 0 Å². The van der Waals surface area contributed by atoms with Gasteiger partial charge in [0, 0.05) is 38.8 Å². The lowest BCUT2D eigenvalue weighted by molar-refractivity contribution is -0.132. The summed E-state index contributed by atoms with van der Waals surface area (Å²) in [5.74, 6) is 1.06. The van der Waals surface area contributed by atoms with Gasteiger partial charge >= 0.3 is 0 Å². The summed E-state index contributed by atoms with van der Waals surface area (Å²) >= 11 is 0. The van der Waals surface area contributed by atoms with Crippen molar-refractivity contribution in [3.8, 4) is 0 Å². The SMILES string of the molecule is CCO[C@@H]1C[C@@H]1C(=O)N1C[C@@H](CC)[C@H](N2CCOCC2)C1. The number of carbonyl (C=O) groups excluding carboxylic acids is 1.